The Bertz CT molecular complexity index is 386. The van der Waals surface area contributed by atoms with E-state index in [0.29, 0.717) is 12.2 Å². The van der Waals surface area contributed by atoms with E-state index in [1.165, 1.54) is 6.26 Å². The van der Waals surface area contributed by atoms with Crippen LogP contribution in [-0.4, -0.2) is 17.5 Å². The lowest BCUT2D eigenvalue weighted by Gasteiger charge is -2.02. The molecule has 1 aromatic heterocycles. The topological polar surface area (TPSA) is 65.2 Å². The highest BCUT2D eigenvalue weighted by Crippen LogP contribution is 2.10. The maximum atomic E-state index is 11.1. The van der Waals surface area contributed by atoms with E-state index in [1.54, 1.807) is 12.3 Å². The summed E-state index contributed by atoms with van der Waals surface area (Å²) < 4.78 is 5.05. The molecule has 4 heteroatoms. The number of aromatic nitrogens is 1. The average molecular weight is 206 g/mol. The number of pyridine rings is 1. The quantitative estimate of drug-likeness (QED) is 0.759. The molecule has 2 N–H and O–H groups in total. The van der Waals surface area contributed by atoms with Crippen molar-refractivity contribution in [3.63, 3.8) is 0 Å². The van der Waals surface area contributed by atoms with Crippen molar-refractivity contribution < 1.29 is 9.53 Å². The summed E-state index contributed by atoms with van der Waals surface area (Å²) >= 11 is 0. The van der Waals surface area contributed by atoms with Gasteiger partial charge in [-0.25, -0.2) is 0 Å². The van der Waals surface area contributed by atoms with Crippen molar-refractivity contribution in [2.45, 2.75) is 13.8 Å². The number of carbonyl (C=O) groups excluding carboxylic acids is 1. The Kier molecular flexibility index (Phi) is 3.85. The minimum Gasteiger partial charge on any atom is -0.501 e. The summed E-state index contributed by atoms with van der Waals surface area (Å²) in [4.78, 5) is 15.0. The van der Waals surface area contributed by atoms with Crippen LogP contribution in [0.5, 0.6) is 0 Å². The van der Waals surface area contributed by atoms with Crippen LogP contribution < -0.4 is 5.73 Å². The Morgan fingerprint density at radius 1 is 1.67 bits per heavy atom. The van der Waals surface area contributed by atoms with Crippen molar-refractivity contribution in [3.8, 4) is 0 Å². The van der Waals surface area contributed by atoms with E-state index < -0.39 is 5.91 Å². The molecule has 1 heterocycles. The molecular weight excluding hydrogens is 192 g/mol. The number of hydrogen-bond donors (Lipinski definition) is 1. The third-order valence-electron chi connectivity index (χ3n) is 1.80. The molecule has 0 atom stereocenters. The van der Waals surface area contributed by atoms with Gasteiger partial charge in [-0.05, 0) is 31.6 Å². The van der Waals surface area contributed by atoms with E-state index in [-0.39, 0.29) is 5.69 Å². The van der Waals surface area contributed by atoms with Crippen molar-refractivity contribution in [1.82, 2.24) is 4.98 Å². The second kappa shape index (κ2) is 5.14. The van der Waals surface area contributed by atoms with Crippen LogP contribution in [-0.2, 0) is 4.74 Å². The average Bonchev–Trinajstić information content (AvgIpc) is 2.18. The monoisotopic (exact) mass is 206 g/mol. The molecule has 0 fully saturated rings. The zero-order valence-electron chi connectivity index (χ0n) is 8.86. The zero-order chi connectivity index (χ0) is 11.3. The Balaban J connectivity index is 3.02. The molecule has 4 nitrogen and oxygen atoms in total. The molecule has 1 rings (SSSR count). The number of nitrogens with two attached hydrogens (primary N) is 1. The van der Waals surface area contributed by atoms with E-state index in [1.807, 2.05) is 19.9 Å². The maximum Gasteiger partial charge on any atom is 0.267 e. The van der Waals surface area contributed by atoms with Crippen molar-refractivity contribution in [3.05, 3.63) is 35.3 Å². The molecule has 1 aromatic rings. The molecule has 0 aliphatic carbocycles. The number of rotatable bonds is 4. The smallest absolute Gasteiger partial charge is 0.267 e. The first-order valence-electron chi connectivity index (χ1n) is 4.69. The number of aryl methyl sites for hydroxylation is 1. The fourth-order valence-corrected chi connectivity index (χ4v) is 1.14. The Labute approximate surface area is 88.8 Å². The van der Waals surface area contributed by atoms with E-state index in [9.17, 15) is 4.79 Å². The van der Waals surface area contributed by atoms with Crippen molar-refractivity contribution in [2.24, 2.45) is 5.73 Å². The lowest BCUT2D eigenvalue weighted by atomic mass is 10.1. The number of ether oxygens (including phenoxy) is 1. The summed E-state index contributed by atoms with van der Waals surface area (Å²) in [5.41, 5.74) is 7.10. The number of hydrogen-bond acceptors (Lipinski definition) is 3. The first kappa shape index (κ1) is 11.2. The fourth-order valence-electron chi connectivity index (χ4n) is 1.14. The highest BCUT2D eigenvalue weighted by atomic mass is 16.5. The summed E-state index contributed by atoms with van der Waals surface area (Å²) in [6.07, 6.45) is 4.82. The summed E-state index contributed by atoms with van der Waals surface area (Å²) in [5, 5.41) is 0. The van der Waals surface area contributed by atoms with E-state index in [0.717, 1.165) is 5.56 Å². The molecule has 0 saturated heterocycles. The van der Waals surface area contributed by atoms with Crippen LogP contribution in [0, 0.1) is 6.92 Å². The summed E-state index contributed by atoms with van der Waals surface area (Å²) in [6.45, 7) is 4.37. The van der Waals surface area contributed by atoms with E-state index in [2.05, 4.69) is 4.98 Å². The minimum absolute atomic E-state index is 0.261. The fraction of sp³-hybridized carbons (Fsp3) is 0.273. The van der Waals surface area contributed by atoms with E-state index >= 15 is 0 Å². The first-order chi connectivity index (χ1) is 7.15. The lowest BCUT2D eigenvalue weighted by Crippen LogP contribution is -2.14. The van der Waals surface area contributed by atoms with Gasteiger partial charge < -0.3 is 10.5 Å². The van der Waals surface area contributed by atoms with Crippen LogP contribution in [0.3, 0.4) is 0 Å². The third-order valence-corrected chi connectivity index (χ3v) is 1.80. The first-order valence-corrected chi connectivity index (χ1v) is 4.69. The van der Waals surface area contributed by atoms with Crippen LogP contribution >= 0.6 is 0 Å². The predicted octanol–water partition coefficient (Wildman–Crippen LogP) is 1.50. The van der Waals surface area contributed by atoms with Gasteiger partial charge in [0.15, 0.2) is 0 Å². The van der Waals surface area contributed by atoms with Gasteiger partial charge >= 0.3 is 0 Å². The number of primary amides is 1. The van der Waals surface area contributed by atoms with Crippen LogP contribution in [0.25, 0.3) is 6.08 Å². The van der Waals surface area contributed by atoms with Crippen molar-refractivity contribution in [1.29, 1.82) is 0 Å². The van der Waals surface area contributed by atoms with Gasteiger partial charge in [-0.1, -0.05) is 0 Å². The van der Waals surface area contributed by atoms with Crippen LogP contribution in [0.4, 0.5) is 0 Å². The predicted molar refractivity (Wildman–Crippen MR) is 58.2 cm³/mol. The number of nitrogens with zero attached hydrogens (tertiary/aromatic N) is 1. The molecular formula is C11H14N2O2. The normalized spacial score (nSPS) is 10.5. The second-order valence-electron chi connectivity index (χ2n) is 3.07. The van der Waals surface area contributed by atoms with Crippen LogP contribution in [0.15, 0.2) is 18.5 Å². The Morgan fingerprint density at radius 3 is 3.00 bits per heavy atom. The van der Waals surface area contributed by atoms with Gasteiger partial charge in [0, 0.05) is 11.8 Å². The molecule has 0 aliphatic rings. The summed E-state index contributed by atoms with van der Waals surface area (Å²) in [6, 6.07) is 1.84. The van der Waals surface area contributed by atoms with Crippen molar-refractivity contribution in [2.75, 3.05) is 6.61 Å². The van der Waals surface area contributed by atoms with Gasteiger partial charge in [-0.2, -0.15) is 0 Å². The highest BCUT2D eigenvalue weighted by molar-refractivity contribution is 5.94. The minimum atomic E-state index is -0.536. The molecule has 0 aromatic carbocycles. The molecule has 0 spiro atoms. The number of amides is 1. The molecule has 15 heavy (non-hydrogen) atoms. The molecule has 0 unspecified atom stereocenters. The SMILES string of the molecule is CCO/C=C/c1cc(C)cnc1C(N)=O. The van der Waals surface area contributed by atoms with Crippen LogP contribution in [0.2, 0.25) is 0 Å². The summed E-state index contributed by atoms with van der Waals surface area (Å²) in [5.74, 6) is -0.536. The third kappa shape index (κ3) is 3.09. The molecule has 80 valence electrons. The lowest BCUT2D eigenvalue weighted by molar-refractivity contribution is 0.0995. The molecule has 1 amide bonds. The Morgan fingerprint density at radius 2 is 2.40 bits per heavy atom. The van der Waals surface area contributed by atoms with Gasteiger partial charge in [0.25, 0.3) is 5.91 Å². The molecule has 0 aliphatic heterocycles. The Hall–Kier alpha value is -1.84. The van der Waals surface area contributed by atoms with Crippen molar-refractivity contribution >= 4 is 12.0 Å². The molecule has 0 saturated carbocycles. The molecule has 0 bridgehead atoms. The standard InChI is InChI=1S/C11H14N2O2/c1-3-15-5-4-9-6-8(2)7-13-10(9)11(12)14/h4-7H,3H2,1-2H3,(H2,12,14)/b5-4+. The van der Waals surface area contributed by atoms with Crippen LogP contribution in [0.1, 0.15) is 28.5 Å². The van der Waals surface area contributed by atoms with Gasteiger partial charge in [0.2, 0.25) is 0 Å². The van der Waals surface area contributed by atoms with E-state index in [4.69, 9.17) is 10.5 Å². The second-order valence-corrected chi connectivity index (χ2v) is 3.07. The van der Waals surface area contributed by atoms with Gasteiger partial charge in [0.05, 0.1) is 12.9 Å². The maximum absolute atomic E-state index is 11.1. The zero-order valence-corrected chi connectivity index (χ0v) is 8.86. The van der Waals surface area contributed by atoms with Gasteiger partial charge in [0.1, 0.15) is 5.69 Å². The van der Waals surface area contributed by atoms with Gasteiger partial charge in [-0.15, -0.1) is 0 Å². The van der Waals surface area contributed by atoms with Gasteiger partial charge in [-0.3, -0.25) is 9.78 Å². The summed E-state index contributed by atoms with van der Waals surface area (Å²) in [7, 11) is 0. The molecule has 0 radical (unpaired) electrons. The largest absolute Gasteiger partial charge is 0.501 e. The highest BCUT2D eigenvalue weighted by Gasteiger charge is 2.07. The number of carbonyl (C=O) groups is 1.